The number of anilines is 1. The van der Waals surface area contributed by atoms with E-state index in [9.17, 15) is 13.2 Å². The van der Waals surface area contributed by atoms with E-state index in [2.05, 4.69) is 35.7 Å². The molecular formula is C24H31Cl2N3O3S. The maximum absolute atomic E-state index is 13.7. The molecule has 0 saturated carbocycles. The first-order valence-electron chi connectivity index (χ1n) is 10.9. The Bertz CT molecular complexity index is 1130. The zero-order valence-corrected chi connectivity index (χ0v) is 21.7. The molecule has 180 valence electrons. The van der Waals surface area contributed by atoms with Gasteiger partial charge in [0.1, 0.15) is 5.54 Å². The lowest BCUT2D eigenvalue weighted by atomic mass is 9.81. The SMILES string of the molecule is CC(C)(C)CN(CCCNS(C)(=O)=O)C1(Cc2cccc(Cl)c2)C(=O)Nc2cc(Cl)ccc21. The third-order valence-electron chi connectivity index (χ3n) is 5.57. The third kappa shape index (κ3) is 6.49. The van der Waals surface area contributed by atoms with Crippen LogP contribution in [-0.4, -0.2) is 45.1 Å². The number of benzene rings is 2. The number of carbonyl (C=O) groups is 1. The lowest BCUT2D eigenvalue weighted by Gasteiger charge is -2.43. The summed E-state index contributed by atoms with van der Waals surface area (Å²) < 4.78 is 25.6. The molecule has 0 aliphatic carbocycles. The van der Waals surface area contributed by atoms with Crippen LogP contribution in [0.5, 0.6) is 0 Å². The number of nitrogens with zero attached hydrogens (tertiary/aromatic N) is 1. The Labute approximate surface area is 206 Å². The molecule has 1 amide bonds. The van der Waals surface area contributed by atoms with Gasteiger partial charge in [0.05, 0.1) is 6.26 Å². The third-order valence-corrected chi connectivity index (χ3v) is 6.77. The van der Waals surface area contributed by atoms with Crippen molar-refractivity contribution >= 4 is 44.8 Å². The Balaban J connectivity index is 2.07. The van der Waals surface area contributed by atoms with Crippen LogP contribution in [0.1, 0.15) is 38.3 Å². The lowest BCUT2D eigenvalue weighted by Crippen LogP contribution is -2.55. The molecule has 1 aliphatic heterocycles. The Morgan fingerprint density at radius 2 is 1.79 bits per heavy atom. The van der Waals surface area contributed by atoms with Crippen LogP contribution in [-0.2, 0) is 26.8 Å². The number of hydrogen-bond donors (Lipinski definition) is 2. The summed E-state index contributed by atoms with van der Waals surface area (Å²) in [5.74, 6) is -0.125. The lowest BCUT2D eigenvalue weighted by molar-refractivity contribution is -0.129. The van der Waals surface area contributed by atoms with E-state index in [4.69, 9.17) is 23.2 Å². The minimum atomic E-state index is -3.29. The summed E-state index contributed by atoms with van der Waals surface area (Å²) in [6, 6.07) is 13.0. The minimum Gasteiger partial charge on any atom is -0.324 e. The minimum absolute atomic E-state index is 0.110. The number of halogens is 2. The molecule has 1 unspecified atom stereocenters. The molecule has 0 aromatic heterocycles. The van der Waals surface area contributed by atoms with Gasteiger partial charge in [0, 0.05) is 47.4 Å². The van der Waals surface area contributed by atoms with Crippen molar-refractivity contribution < 1.29 is 13.2 Å². The molecule has 1 heterocycles. The molecule has 3 rings (SSSR count). The monoisotopic (exact) mass is 511 g/mol. The standard InChI is InChI=1S/C24H31Cl2N3O3S/c1-23(2,3)16-29(12-6-11-27-33(4,31)32)24(15-17-7-5-8-18(25)13-17)20-10-9-19(26)14-21(20)28-22(24)30/h5,7-10,13-14,27H,6,11-12,15-16H2,1-4H3,(H,28,30). The highest BCUT2D eigenvalue weighted by Gasteiger charge is 2.51. The first-order valence-corrected chi connectivity index (χ1v) is 13.5. The fourth-order valence-electron chi connectivity index (χ4n) is 4.38. The predicted molar refractivity (Wildman–Crippen MR) is 135 cm³/mol. The Morgan fingerprint density at radius 1 is 1.09 bits per heavy atom. The van der Waals surface area contributed by atoms with Crippen LogP contribution in [0.2, 0.25) is 10.0 Å². The average Bonchev–Trinajstić information content (AvgIpc) is 2.94. The number of amides is 1. The highest BCUT2D eigenvalue weighted by molar-refractivity contribution is 7.88. The van der Waals surface area contributed by atoms with Crippen molar-refractivity contribution in [1.29, 1.82) is 0 Å². The van der Waals surface area contributed by atoms with Gasteiger partial charge in [-0.05, 0) is 41.7 Å². The number of fused-ring (bicyclic) bond motifs is 1. The van der Waals surface area contributed by atoms with E-state index in [1.165, 1.54) is 0 Å². The molecule has 2 aromatic carbocycles. The molecule has 2 aromatic rings. The van der Waals surface area contributed by atoms with Crippen LogP contribution in [0.15, 0.2) is 42.5 Å². The van der Waals surface area contributed by atoms with Crippen LogP contribution in [0.25, 0.3) is 0 Å². The number of carbonyl (C=O) groups excluding carboxylic acids is 1. The summed E-state index contributed by atoms with van der Waals surface area (Å²) in [5, 5.41) is 4.19. The van der Waals surface area contributed by atoms with Gasteiger partial charge in [0.2, 0.25) is 15.9 Å². The zero-order chi connectivity index (χ0) is 24.4. The van der Waals surface area contributed by atoms with E-state index in [-0.39, 0.29) is 11.3 Å². The van der Waals surface area contributed by atoms with Crippen LogP contribution in [0, 0.1) is 5.41 Å². The van der Waals surface area contributed by atoms with Gasteiger partial charge in [-0.3, -0.25) is 9.69 Å². The molecule has 0 spiro atoms. The van der Waals surface area contributed by atoms with Gasteiger partial charge < -0.3 is 5.32 Å². The van der Waals surface area contributed by atoms with Crippen molar-refractivity contribution in [1.82, 2.24) is 9.62 Å². The van der Waals surface area contributed by atoms with Crippen molar-refractivity contribution in [2.24, 2.45) is 5.41 Å². The molecule has 1 atom stereocenters. The van der Waals surface area contributed by atoms with E-state index < -0.39 is 15.6 Å². The number of hydrogen-bond acceptors (Lipinski definition) is 4. The Kier molecular flexibility index (Phi) is 7.81. The number of sulfonamides is 1. The van der Waals surface area contributed by atoms with E-state index in [0.29, 0.717) is 48.2 Å². The first kappa shape index (κ1) is 26.0. The van der Waals surface area contributed by atoms with Crippen LogP contribution in [0.4, 0.5) is 5.69 Å². The molecule has 0 bridgehead atoms. The summed E-state index contributed by atoms with van der Waals surface area (Å²) in [6.07, 6.45) is 2.12. The number of rotatable bonds is 9. The molecule has 2 N–H and O–H groups in total. The van der Waals surface area contributed by atoms with E-state index in [1.807, 2.05) is 30.3 Å². The normalized spacial score (nSPS) is 18.5. The van der Waals surface area contributed by atoms with Crippen molar-refractivity contribution in [3.63, 3.8) is 0 Å². The van der Waals surface area contributed by atoms with Gasteiger partial charge in [-0.15, -0.1) is 0 Å². The number of nitrogens with one attached hydrogen (secondary N) is 2. The smallest absolute Gasteiger partial charge is 0.249 e. The fourth-order valence-corrected chi connectivity index (χ4v) is 5.28. The van der Waals surface area contributed by atoms with Crippen molar-refractivity contribution in [2.45, 2.75) is 39.2 Å². The van der Waals surface area contributed by atoms with Crippen molar-refractivity contribution in [3.8, 4) is 0 Å². The molecule has 33 heavy (non-hydrogen) atoms. The van der Waals surface area contributed by atoms with Crippen LogP contribution in [0.3, 0.4) is 0 Å². The summed E-state index contributed by atoms with van der Waals surface area (Å²) >= 11 is 12.5. The second-order valence-corrected chi connectivity index (χ2v) is 12.5. The van der Waals surface area contributed by atoms with Crippen molar-refractivity contribution in [2.75, 3.05) is 31.2 Å². The second kappa shape index (κ2) is 9.92. The van der Waals surface area contributed by atoms with E-state index in [0.717, 1.165) is 17.4 Å². The van der Waals surface area contributed by atoms with Gasteiger partial charge in [0.25, 0.3) is 0 Å². The van der Waals surface area contributed by atoms with Crippen molar-refractivity contribution in [3.05, 3.63) is 63.6 Å². The highest BCUT2D eigenvalue weighted by atomic mass is 35.5. The second-order valence-electron chi connectivity index (χ2n) is 9.81. The average molecular weight is 513 g/mol. The summed E-state index contributed by atoms with van der Waals surface area (Å²) in [6.45, 7) is 7.81. The molecule has 9 heteroatoms. The molecule has 0 saturated heterocycles. The van der Waals surface area contributed by atoms with Crippen LogP contribution < -0.4 is 10.0 Å². The molecular weight excluding hydrogens is 481 g/mol. The van der Waals surface area contributed by atoms with E-state index >= 15 is 0 Å². The molecule has 0 radical (unpaired) electrons. The Morgan fingerprint density at radius 3 is 2.42 bits per heavy atom. The van der Waals surface area contributed by atoms with Gasteiger partial charge >= 0.3 is 0 Å². The van der Waals surface area contributed by atoms with Gasteiger partial charge in [-0.1, -0.05) is 62.2 Å². The summed E-state index contributed by atoms with van der Waals surface area (Å²) in [5.41, 5.74) is 1.40. The Hall–Kier alpha value is -1.64. The quantitative estimate of drug-likeness (QED) is 0.479. The largest absolute Gasteiger partial charge is 0.324 e. The maximum atomic E-state index is 13.7. The van der Waals surface area contributed by atoms with Gasteiger partial charge in [-0.25, -0.2) is 13.1 Å². The predicted octanol–water partition coefficient (Wildman–Crippen LogP) is 4.67. The fraction of sp³-hybridized carbons (Fsp3) is 0.458. The molecule has 0 fully saturated rings. The van der Waals surface area contributed by atoms with Crippen LogP contribution >= 0.6 is 23.2 Å². The first-order chi connectivity index (χ1) is 15.3. The summed E-state index contributed by atoms with van der Waals surface area (Å²) in [7, 11) is -3.29. The maximum Gasteiger partial charge on any atom is 0.249 e. The van der Waals surface area contributed by atoms with E-state index in [1.54, 1.807) is 12.1 Å². The topological polar surface area (TPSA) is 78.5 Å². The van der Waals surface area contributed by atoms with Gasteiger partial charge in [0.15, 0.2) is 0 Å². The van der Waals surface area contributed by atoms with Gasteiger partial charge in [-0.2, -0.15) is 0 Å². The zero-order valence-electron chi connectivity index (χ0n) is 19.4. The highest BCUT2D eigenvalue weighted by Crippen LogP contribution is 2.45. The summed E-state index contributed by atoms with van der Waals surface area (Å²) in [4.78, 5) is 15.9. The molecule has 1 aliphatic rings. The molecule has 6 nitrogen and oxygen atoms in total.